The van der Waals surface area contributed by atoms with Crippen molar-refractivity contribution in [1.29, 1.82) is 0 Å². The first-order chi connectivity index (χ1) is 12.1. The first-order valence-corrected chi connectivity index (χ1v) is 10.1. The molecule has 0 N–H and O–H groups in total. The van der Waals surface area contributed by atoms with Gasteiger partial charge in [-0.2, -0.15) is 8.42 Å². The Morgan fingerprint density at radius 1 is 1.00 bits per heavy atom. The molecule has 1 atom stereocenters. The van der Waals surface area contributed by atoms with Crippen LogP contribution in [0.25, 0.3) is 5.76 Å². The summed E-state index contributed by atoms with van der Waals surface area (Å²) in [4.78, 5) is 2.06. The standard InChI is InChI=1S/C20H21NO3S/c1-21(16-10-3-2-4-11-16)19-14-25(22,23)24-20-17-12-6-5-8-15(17)9-7-13-18(19)20/h2-6,8,10-12,19H,7,9,13-14H2,1H3. The van der Waals surface area contributed by atoms with Gasteiger partial charge in [0.15, 0.2) is 5.76 Å². The minimum absolute atomic E-state index is 0.0145. The largest absolute Gasteiger partial charge is 0.382 e. The van der Waals surface area contributed by atoms with Gasteiger partial charge in [-0.25, -0.2) is 0 Å². The number of benzene rings is 2. The van der Waals surface area contributed by atoms with Crippen molar-refractivity contribution in [3.8, 4) is 0 Å². The van der Waals surface area contributed by atoms with E-state index < -0.39 is 10.1 Å². The molecule has 4 rings (SSSR count). The smallest absolute Gasteiger partial charge is 0.311 e. The van der Waals surface area contributed by atoms with Crippen molar-refractivity contribution in [1.82, 2.24) is 0 Å². The Hall–Kier alpha value is -2.27. The lowest BCUT2D eigenvalue weighted by Crippen LogP contribution is -2.42. The van der Waals surface area contributed by atoms with Crippen molar-refractivity contribution in [2.75, 3.05) is 17.7 Å². The Bertz CT molecular complexity index is 919. The molecule has 0 spiro atoms. The second kappa shape index (κ2) is 6.23. The lowest BCUT2D eigenvalue weighted by Gasteiger charge is -2.35. The summed E-state index contributed by atoms with van der Waals surface area (Å²) in [6.07, 6.45) is 2.79. The first-order valence-electron chi connectivity index (χ1n) is 8.56. The highest BCUT2D eigenvalue weighted by atomic mass is 32.2. The molecule has 0 saturated carbocycles. The quantitative estimate of drug-likeness (QED) is 0.772. The molecular weight excluding hydrogens is 334 g/mol. The van der Waals surface area contributed by atoms with E-state index in [0.29, 0.717) is 5.76 Å². The summed E-state index contributed by atoms with van der Waals surface area (Å²) in [5.74, 6) is 0.534. The summed E-state index contributed by atoms with van der Waals surface area (Å²) in [6, 6.07) is 17.7. The Morgan fingerprint density at radius 3 is 2.52 bits per heavy atom. The molecule has 0 fully saturated rings. The predicted molar refractivity (Wildman–Crippen MR) is 99.8 cm³/mol. The minimum Gasteiger partial charge on any atom is -0.382 e. The summed E-state index contributed by atoms with van der Waals surface area (Å²) < 4.78 is 30.5. The number of aryl methyl sites for hydroxylation is 1. The van der Waals surface area contributed by atoms with E-state index >= 15 is 0 Å². The second-order valence-corrected chi connectivity index (χ2v) is 8.25. The van der Waals surface area contributed by atoms with Gasteiger partial charge < -0.3 is 9.08 Å². The van der Waals surface area contributed by atoms with Gasteiger partial charge in [-0.3, -0.25) is 0 Å². The lowest BCUT2D eigenvalue weighted by molar-refractivity contribution is 0.440. The molecule has 0 aromatic heterocycles. The fourth-order valence-electron chi connectivity index (χ4n) is 3.78. The number of para-hydroxylation sites is 1. The molecule has 4 nitrogen and oxygen atoms in total. The number of nitrogens with zero attached hydrogens (tertiary/aromatic N) is 1. The van der Waals surface area contributed by atoms with Crippen LogP contribution in [-0.4, -0.2) is 27.3 Å². The Kier molecular flexibility index (Phi) is 4.04. The maximum atomic E-state index is 12.5. The maximum absolute atomic E-state index is 12.5. The fraction of sp³-hybridized carbons (Fsp3) is 0.300. The third-order valence-electron chi connectivity index (χ3n) is 5.05. The molecule has 5 heteroatoms. The van der Waals surface area contributed by atoms with Crippen LogP contribution >= 0.6 is 0 Å². The zero-order chi connectivity index (χ0) is 17.4. The van der Waals surface area contributed by atoms with Gasteiger partial charge in [0, 0.05) is 18.3 Å². The van der Waals surface area contributed by atoms with E-state index in [1.54, 1.807) is 0 Å². The highest BCUT2D eigenvalue weighted by Crippen LogP contribution is 2.39. The van der Waals surface area contributed by atoms with E-state index in [9.17, 15) is 8.42 Å². The topological polar surface area (TPSA) is 46.6 Å². The predicted octanol–water partition coefficient (Wildman–Crippen LogP) is 3.60. The Morgan fingerprint density at radius 2 is 1.72 bits per heavy atom. The van der Waals surface area contributed by atoms with Crippen molar-refractivity contribution in [2.24, 2.45) is 0 Å². The zero-order valence-corrected chi connectivity index (χ0v) is 15.0. The molecule has 0 radical (unpaired) electrons. The SMILES string of the molecule is CN(c1ccccc1)C1CS(=O)(=O)OC2=C1CCCc1ccccc12. The monoisotopic (exact) mass is 355 g/mol. The van der Waals surface area contributed by atoms with E-state index in [4.69, 9.17) is 4.18 Å². The number of hydrogen-bond acceptors (Lipinski definition) is 4. The Balaban J connectivity index is 1.85. The highest BCUT2D eigenvalue weighted by molar-refractivity contribution is 7.87. The first kappa shape index (κ1) is 16.2. The number of rotatable bonds is 2. The molecule has 2 aromatic rings. The molecule has 0 amide bonds. The number of fused-ring (bicyclic) bond motifs is 2. The summed E-state index contributed by atoms with van der Waals surface area (Å²) >= 11 is 0. The van der Waals surface area contributed by atoms with Crippen LogP contribution in [-0.2, 0) is 20.7 Å². The van der Waals surface area contributed by atoms with Crippen molar-refractivity contribution >= 4 is 21.6 Å². The summed E-state index contributed by atoms with van der Waals surface area (Å²) in [5, 5.41) is 0. The van der Waals surface area contributed by atoms with Crippen LogP contribution in [0, 0.1) is 0 Å². The molecule has 2 aromatic carbocycles. The third-order valence-corrected chi connectivity index (χ3v) is 6.20. The molecule has 130 valence electrons. The van der Waals surface area contributed by atoms with E-state index in [-0.39, 0.29) is 11.8 Å². The van der Waals surface area contributed by atoms with Gasteiger partial charge in [-0.15, -0.1) is 0 Å². The molecule has 25 heavy (non-hydrogen) atoms. The van der Waals surface area contributed by atoms with Gasteiger partial charge in [0.25, 0.3) is 0 Å². The minimum atomic E-state index is -3.61. The molecule has 0 saturated heterocycles. The van der Waals surface area contributed by atoms with Crippen molar-refractivity contribution in [3.63, 3.8) is 0 Å². The molecular formula is C20H21NO3S. The zero-order valence-electron chi connectivity index (χ0n) is 14.2. The molecule has 0 bridgehead atoms. The Labute approximate surface area is 148 Å². The average Bonchev–Trinajstić information content (AvgIpc) is 2.80. The number of anilines is 1. The van der Waals surface area contributed by atoms with Gasteiger partial charge in [-0.1, -0.05) is 42.5 Å². The van der Waals surface area contributed by atoms with Crippen molar-refractivity contribution in [2.45, 2.75) is 25.3 Å². The molecule has 2 aliphatic rings. The molecule has 1 aliphatic carbocycles. The van der Waals surface area contributed by atoms with Gasteiger partial charge in [0.2, 0.25) is 0 Å². The van der Waals surface area contributed by atoms with Crippen LogP contribution in [0.2, 0.25) is 0 Å². The fourth-order valence-corrected chi connectivity index (χ4v) is 5.11. The van der Waals surface area contributed by atoms with Crippen LogP contribution in [0.1, 0.15) is 24.0 Å². The van der Waals surface area contributed by atoms with Crippen LogP contribution in [0.4, 0.5) is 5.69 Å². The van der Waals surface area contributed by atoms with Gasteiger partial charge in [-0.05, 0) is 42.5 Å². The van der Waals surface area contributed by atoms with Crippen molar-refractivity contribution in [3.05, 3.63) is 71.3 Å². The number of likely N-dealkylation sites (N-methyl/N-ethyl adjacent to an activating group) is 1. The van der Waals surface area contributed by atoms with Crippen LogP contribution < -0.4 is 4.90 Å². The van der Waals surface area contributed by atoms with Crippen LogP contribution in [0.3, 0.4) is 0 Å². The summed E-state index contributed by atoms with van der Waals surface area (Å²) in [6.45, 7) is 0. The van der Waals surface area contributed by atoms with E-state index in [0.717, 1.165) is 41.6 Å². The number of hydrogen-bond donors (Lipinski definition) is 0. The molecule has 1 aliphatic heterocycles. The van der Waals surface area contributed by atoms with Gasteiger partial charge >= 0.3 is 10.1 Å². The normalized spacial score (nSPS) is 21.6. The second-order valence-electron chi connectivity index (χ2n) is 6.63. The maximum Gasteiger partial charge on any atom is 0.311 e. The van der Waals surface area contributed by atoms with Crippen LogP contribution in [0.5, 0.6) is 0 Å². The van der Waals surface area contributed by atoms with Gasteiger partial charge in [0.05, 0.1) is 6.04 Å². The van der Waals surface area contributed by atoms with Crippen LogP contribution in [0.15, 0.2) is 60.2 Å². The average molecular weight is 355 g/mol. The third kappa shape index (κ3) is 3.04. The van der Waals surface area contributed by atoms with E-state index in [1.165, 1.54) is 0 Å². The summed E-state index contributed by atoms with van der Waals surface area (Å²) in [7, 11) is -1.65. The van der Waals surface area contributed by atoms with E-state index in [1.807, 2.05) is 55.6 Å². The van der Waals surface area contributed by atoms with E-state index in [2.05, 4.69) is 11.0 Å². The van der Waals surface area contributed by atoms with Crippen molar-refractivity contribution < 1.29 is 12.6 Å². The molecule has 1 unspecified atom stereocenters. The highest BCUT2D eigenvalue weighted by Gasteiger charge is 2.37. The molecule has 1 heterocycles. The lowest BCUT2D eigenvalue weighted by atomic mass is 9.98. The summed E-state index contributed by atoms with van der Waals surface area (Å²) in [5.41, 5.74) is 4.18. The van der Waals surface area contributed by atoms with Gasteiger partial charge in [0.1, 0.15) is 5.75 Å².